The van der Waals surface area contributed by atoms with Crippen molar-refractivity contribution in [2.75, 3.05) is 42.9 Å². The highest BCUT2D eigenvalue weighted by molar-refractivity contribution is 6.01. The Morgan fingerprint density at radius 3 is 2.45 bits per heavy atom. The normalized spacial score (nSPS) is 15.3. The molecule has 0 amide bonds. The van der Waals surface area contributed by atoms with Gasteiger partial charge in [-0.1, -0.05) is 19.1 Å². The summed E-state index contributed by atoms with van der Waals surface area (Å²) in [6.45, 7) is 14.1. The van der Waals surface area contributed by atoms with Crippen LogP contribution >= 0.6 is 0 Å². The molecule has 5 rings (SSSR count). The molecule has 0 saturated carbocycles. The van der Waals surface area contributed by atoms with Crippen LogP contribution in [0.4, 0.5) is 17.5 Å². The first-order chi connectivity index (χ1) is 16.0. The van der Waals surface area contributed by atoms with Gasteiger partial charge in [0, 0.05) is 50.3 Å². The molecule has 0 aliphatic carbocycles. The molecule has 1 saturated heterocycles. The van der Waals surface area contributed by atoms with Crippen molar-refractivity contribution in [3.8, 4) is 0 Å². The molecule has 1 aliphatic heterocycles. The van der Waals surface area contributed by atoms with Crippen LogP contribution in [0.1, 0.15) is 33.7 Å². The number of piperazine rings is 1. The first-order valence-corrected chi connectivity index (χ1v) is 11.7. The van der Waals surface area contributed by atoms with Crippen molar-refractivity contribution in [3.63, 3.8) is 0 Å². The Morgan fingerprint density at radius 1 is 0.939 bits per heavy atom. The highest BCUT2D eigenvalue weighted by atomic mass is 15.4. The Labute approximate surface area is 193 Å². The molecule has 172 valence electrons. The minimum Gasteiger partial charge on any atom is -0.368 e. The molecule has 4 heterocycles. The second-order valence-corrected chi connectivity index (χ2v) is 9.40. The van der Waals surface area contributed by atoms with Crippen molar-refractivity contribution in [3.05, 3.63) is 36.7 Å². The molecule has 9 heteroatoms. The van der Waals surface area contributed by atoms with E-state index < -0.39 is 0 Å². The summed E-state index contributed by atoms with van der Waals surface area (Å²) in [6.07, 6.45) is 3.75. The quantitative estimate of drug-likeness (QED) is 0.479. The first-order valence-electron chi connectivity index (χ1n) is 11.7. The van der Waals surface area contributed by atoms with Crippen LogP contribution in [-0.2, 0) is 0 Å². The third kappa shape index (κ3) is 4.45. The number of nitrogens with zero attached hydrogens (tertiary/aromatic N) is 8. The molecule has 0 atom stereocenters. The molecule has 0 unspecified atom stereocenters. The van der Waals surface area contributed by atoms with Gasteiger partial charge >= 0.3 is 0 Å². The van der Waals surface area contributed by atoms with Crippen molar-refractivity contribution in [1.29, 1.82) is 0 Å². The largest absolute Gasteiger partial charge is 0.368 e. The van der Waals surface area contributed by atoms with E-state index in [0.717, 1.165) is 59.6 Å². The van der Waals surface area contributed by atoms with E-state index in [0.29, 0.717) is 11.9 Å². The number of benzene rings is 1. The van der Waals surface area contributed by atoms with E-state index in [1.54, 1.807) is 0 Å². The zero-order valence-corrected chi connectivity index (χ0v) is 19.7. The summed E-state index contributed by atoms with van der Waals surface area (Å²) in [7, 11) is 0. The second kappa shape index (κ2) is 8.90. The van der Waals surface area contributed by atoms with Crippen LogP contribution in [0.3, 0.4) is 0 Å². The van der Waals surface area contributed by atoms with Gasteiger partial charge in [0.1, 0.15) is 22.4 Å². The number of nitrogens with one attached hydrogen (secondary N) is 1. The van der Waals surface area contributed by atoms with Crippen LogP contribution in [0.15, 0.2) is 36.7 Å². The lowest BCUT2D eigenvalue weighted by Gasteiger charge is -2.36. The van der Waals surface area contributed by atoms with E-state index in [1.165, 1.54) is 6.54 Å². The van der Waals surface area contributed by atoms with Gasteiger partial charge in [0.2, 0.25) is 5.95 Å². The average molecular weight is 446 g/mol. The maximum Gasteiger partial charge on any atom is 0.228 e. The van der Waals surface area contributed by atoms with Crippen LogP contribution in [0, 0.1) is 5.92 Å². The Balaban J connectivity index is 1.33. The first kappa shape index (κ1) is 21.5. The summed E-state index contributed by atoms with van der Waals surface area (Å²) < 4.78 is 1.91. The highest BCUT2D eigenvalue weighted by Crippen LogP contribution is 2.26. The second-order valence-electron chi connectivity index (χ2n) is 9.40. The molecule has 9 nitrogen and oxygen atoms in total. The van der Waals surface area contributed by atoms with Crippen LogP contribution in [0.2, 0.25) is 0 Å². The van der Waals surface area contributed by atoms with Gasteiger partial charge in [-0.25, -0.2) is 19.6 Å². The third-order valence-electron chi connectivity index (χ3n) is 6.02. The van der Waals surface area contributed by atoms with Crippen molar-refractivity contribution < 1.29 is 0 Å². The lowest BCUT2D eigenvalue weighted by atomic mass is 10.2. The number of anilines is 3. The third-order valence-corrected chi connectivity index (χ3v) is 6.02. The summed E-state index contributed by atoms with van der Waals surface area (Å²) in [6, 6.07) is 8.24. The van der Waals surface area contributed by atoms with Gasteiger partial charge in [-0.3, -0.25) is 4.90 Å². The summed E-state index contributed by atoms with van der Waals surface area (Å²) >= 11 is 0. The summed E-state index contributed by atoms with van der Waals surface area (Å²) in [4.78, 5) is 18.8. The Morgan fingerprint density at radius 2 is 1.76 bits per heavy atom. The standard InChI is InChI=1S/C24H31N9/c1-16(2)15-31-9-11-32(12-10-31)19-6-8-21(25-14-19)27-24-26-13-18-5-7-20-23(22(18)28-24)33(17(3)4)30-29-20/h5-8,13-14,16-17H,9-12,15H2,1-4H3,(H,25,26,27,28). The van der Waals surface area contributed by atoms with Gasteiger partial charge in [-0.2, -0.15) is 0 Å². The van der Waals surface area contributed by atoms with E-state index in [2.05, 4.69) is 69.2 Å². The van der Waals surface area contributed by atoms with Gasteiger partial charge in [0.25, 0.3) is 0 Å². The fraction of sp³-hybridized carbons (Fsp3) is 0.458. The molecular formula is C24H31N9. The predicted molar refractivity (Wildman–Crippen MR) is 132 cm³/mol. The van der Waals surface area contributed by atoms with Gasteiger partial charge in [0.15, 0.2) is 0 Å². The lowest BCUT2D eigenvalue weighted by molar-refractivity contribution is 0.231. The molecule has 1 fully saturated rings. The molecule has 1 aromatic carbocycles. The molecule has 1 aliphatic rings. The number of hydrogen-bond donors (Lipinski definition) is 1. The summed E-state index contributed by atoms with van der Waals surface area (Å²) in [5.74, 6) is 1.94. The minimum atomic E-state index is 0.188. The minimum absolute atomic E-state index is 0.188. The number of hydrogen-bond acceptors (Lipinski definition) is 8. The summed E-state index contributed by atoms with van der Waals surface area (Å²) in [5.41, 5.74) is 3.74. The molecule has 4 aromatic rings. The molecule has 0 radical (unpaired) electrons. The van der Waals surface area contributed by atoms with Crippen LogP contribution in [0.5, 0.6) is 0 Å². The van der Waals surface area contributed by atoms with Crippen molar-refractivity contribution in [2.45, 2.75) is 33.7 Å². The molecule has 3 aromatic heterocycles. The highest BCUT2D eigenvalue weighted by Gasteiger charge is 2.18. The van der Waals surface area contributed by atoms with Gasteiger partial charge in [-0.05, 0) is 44.0 Å². The van der Waals surface area contributed by atoms with Crippen molar-refractivity contribution in [1.82, 2.24) is 34.8 Å². The predicted octanol–water partition coefficient (Wildman–Crippen LogP) is 3.87. The van der Waals surface area contributed by atoms with Crippen LogP contribution in [-0.4, -0.2) is 67.6 Å². The van der Waals surface area contributed by atoms with Crippen LogP contribution < -0.4 is 10.2 Å². The van der Waals surface area contributed by atoms with Gasteiger partial charge in [0.05, 0.1) is 11.9 Å². The Bertz CT molecular complexity index is 1240. The lowest BCUT2D eigenvalue weighted by Crippen LogP contribution is -2.47. The molecular weight excluding hydrogens is 414 g/mol. The topological polar surface area (TPSA) is 87.9 Å². The maximum atomic E-state index is 4.78. The van der Waals surface area contributed by atoms with Gasteiger partial charge in [-0.15, -0.1) is 5.10 Å². The van der Waals surface area contributed by atoms with E-state index in [1.807, 2.05) is 35.3 Å². The number of aromatic nitrogens is 6. The average Bonchev–Trinajstić information content (AvgIpc) is 3.25. The van der Waals surface area contributed by atoms with E-state index >= 15 is 0 Å². The van der Waals surface area contributed by atoms with Crippen molar-refractivity contribution in [2.24, 2.45) is 5.92 Å². The molecule has 33 heavy (non-hydrogen) atoms. The van der Waals surface area contributed by atoms with E-state index in [4.69, 9.17) is 4.98 Å². The van der Waals surface area contributed by atoms with Crippen molar-refractivity contribution >= 4 is 39.4 Å². The van der Waals surface area contributed by atoms with Gasteiger partial charge < -0.3 is 10.2 Å². The Kier molecular flexibility index (Phi) is 5.80. The molecule has 1 N–H and O–H groups in total. The zero-order chi connectivity index (χ0) is 22.9. The van der Waals surface area contributed by atoms with E-state index in [9.17, 15) is 0 Å². The maximum absolute atomic E-state index is 4.78. The number of rotatable bonds is 6. The molecule has 0 bridgehead atoms. The fourth-order valence-electron chi connectivity index (χ4n) is 4.41. The van der Waals surface area contributed by atoms with E-state index in [-0.39, 0.29) is 6.04 Å². The van der Waals surface area contributed by atoms with Crippen LogP contribution in [0.25, 0.3) is 21.9 Å². The zero-order valence-electron chi connectivity index (χ0n) is 19.7. The molecule has 0 spiro atoms. The SMILES string of the molecule is CC(C)CN1CCN(c2ccc(Nc3ncc4ccc5nnn(C(C)C)c5c4n3)nc2)CC1. The Hall–Kier alpha value is -3.33. The fourth-order valence-corrected chi connectivity index (χ4v) is 4.41. The smallest absolute Gasteiger partial charge is 0.228 e. The number of fused-ring (bicyclic) bond motifs is 3. The summed E-state index contributed by atoms with van der Waals surface area (Å²) in [5, 5.41) is 12.8. The monoisotopic (exact) mass is 445 g/mol. The number of pyridine rings is 1.